The lowest BCUT2D eigenvalue weighted by Gasteiger charge is -1.91. The predicted octanol–water partition coefficient (Wildman–Crippen LogP) is -0.101. The van der Waals surface area contributed by atoms with E-state index in [0.717, 1.165) is 5.56 Å². The summed E-state index contributed by atoms with van der Waals surface area (Å²) in [6.07, 6.45) is 2.67. The number of hydrogen-bond acceptors (Lipinski definition) is 3. The minimum atomic E-state index is -0.445. The molecule has 2 rings (SSSR count). The highest BCUT2D eigenvalue weighted by atomic mass is 16.1. The van der Waals surface area contributed by atoms with Gasteiger partial charge < -0.3 is 4.98 Å². The molecule has 0 saturated heterocycles. The molecule has 0 bridgehead atoms. The Morgan fingerprint density at radius 2 is 2.18 bits per heavy atom. The minimum absolute atomic E-state index is 0.0134. The van der Waals surface area contributed by atoms with Gasteiger partial charge in [-0.1, -0.05) is 0 Å². The topological polar surface area (TPSA) is 62.8 Å². The van der Waals surface area contributed by atoms with Gasteiger partial charge in [0, 0.05) is 12.6 Å². The molecule has 0 amide bonds. The molecule has 0 atom stereocenters. The van der Waals surface area contributed by atoms with Gasteiger partial charge >= 0.3 is 5.69 Å². The third-order valence-corrected chi connectivity index (χ3v) is 1.79. The molecule has 1 aliphatic rings. The van der Waals surface area contributed by atoms with Crippen molar-refractivity contribution in [3.63, 3.8) is 0 Å². The van der Waals surface area contributed by atoms with Gasteiger partial charge in [-0.25, -0.2) is 9.78 Å². The number of hydrogen-bond donors (Lipinski definition) is 1. The van der Waals surface area contributed by atoms with E-state index in [-0.39, 0.29) is 5.78 Å². The number of nitrogens with one attached hydrogen (secondary N) is 1. The molecule has 4 nitrogen and oxygen atoms in total. The third kappa shape index (κ3) is 0.869. The normalized spacial score (nSPS) is 15.1. The average molecular weight is 150 g/mol. The zero-order valence-electron chi connectivity index (χ0n) is 5.76. The molecule has 1 aromatic heterocycles. The minimum Gasteiger partial charge on any atom is -0.303 e. The van der Waals surface area contributed by atoms with Crippen molar-refractivity contribution in [2.45, 2.75) is 12.8 Å². The van der Waals surface area contributed by atoms with E-state index in [2.05, 4.69) is 9.97 Å². The molecule has 1 N–H and O–H groups in total. The lowest BCUT2D eigenvalue weighted by molar-refractivity contribution is 0.0990. The number of aryl methyl sites for hydroxylation is 1. The molecule has 1 heterocycles. The molecule has 56 valence electrons. The summed E-state index contributed by atoms with van der Waals surface area (Å²) in [5, 5.41) is 0. The molecule has 1 aliphatic carbocycles. The van der Waals surface area contributed by atoms with E-state index < -0.39 is 5.69 Å². The van der Waals surface area contributed by atoms with E-state index in [1.165, 1.54) is 6.20 Å². The van der Waals surface area contributed by atoms with E-state index in [0.29, 0.717) is 18.5 Å². The standard InChI is InChI=1S/C7H6N2O2/c10-5-2-1-4-3-8-7(11)9-6(4)5/h3H,1-2H2,(H,8,9,11). The van der Waals surface area contributed by atoms with Crippen LogP contribution in [0.15, 0.2) is 11.0 Å². The largest absolute Gasteiger partial charge is 0.345 e. The number of Topliss-reactive ketones (excluding diaryl/α,β-unsaturated/α-hetero) is 1. The van der Waals surface area contributed by atoms with Gasteiger partial charge in [-0.3, -0.25) is 4.79 Å². The fourth-order valence-electron chi connectivity index (χ4n) is 1.23. The quantitative estimate of drug-likeness (QED) is 0.561. The maximum Gasteiger partial charge on any atom is 0.345 e. The van der Waals surface area contributed by atoms with Crippen molar-refractivity contribution in [2.24, 2.45) is 0 Å². The lowest BCUT2D eigenvalue weighted by atomic mass is 10.3. The zero-order valence-corrected chi connectivity index (χ0v) is 5.76. The van der Waals surface area contributed by atoms with Crippen LogP contribution >= 0.6 is 0 Å². The van der Waals surface area contributed by atoms with Gasteiger partial charge in [0.05, 0.1) is 5.69 Å². The van der Waals surface area contributed by atoms with Gasteiger partial charge in [-0.05, 0) is 12.0 Å². The number of aromatic amines is 1. The van der Waals surface area contributed by atoms with Crippen molar-refractivity contribution in [3.8, 4) is 0 Å². The van der Waals surface area contributed by atoms with Crippen LogP contribution in [-0.4, -0.2) is 15.8 Å². The van der Waals surface area contributed by atoms with E-state index in [4.69, 9.17) is 0 Å². The Morgan fingerprint density at radius 3 is 3.00 bits per heavy atom. The molecule has 1 aromatic rings. The lowest BCUT2D eigenvalue weighted by Crippen LogP contribution is -2.13. The first-order valence-electron chi connectivity index (χ1n) is 3.39. The molecule has 11 heavy (non-hydrogen) atoms. The van der Waals surface area contributed by atoms with Crippen molar-refractivity contribution in [3.05, 3.63) is 27.9 Å². The van der Waals surface area contributed by atoms with Crippen LogP contribution in [0.1, 0.15) is 22.5 Å². The Hall–Kier alpha value is -1.45. The van der Waals surface area contributed by atoms with Crippen molar-refractivity contribution < 1.29 is 4.79 Å². The molecule has 4 heteroatoms. The number of carbonyl (C=O) groups excluding carboxylic acids is 1. The van der Waals surface area contributed by atoms with Crippen LogP contribution in [-0.2, 0) is 6.42 Å². The fraction of sp³-hybridized carbons (Fsp3) is 0.286. The first-order chi connectivity index (χ1) is 5.27. The maximum atomic E-state index is 11.0. The summed E-state index contributed by atoms with van der Waals surface area (Å²) in [7, 11) is 0. The first kappa shape index (κ1) is 6.27. The Morgan fingerprint density at radius 1 is 1.36 bits per heavy atom. The van der Waals surface area contributed by atoms with Crippen molar-refractivity contribution in [2.75, 3.05) is 0 Å². The second kappa shape index (κ2) is 2.02. The molecule has 0 saturated carbocycles. The Balaban J connectivity index is 2.70. The van der Waals surface area contributed by atoms with E-state index in [1.807, 2.05) is 0 Å². The van der Waals surface area contributed by atoms with E-state index >= 15 is 0 Å². The summed E-state index contributed by atoms with van der Waals surface area (Å²) in [6.45, 7) is 0. The van der Waals surface area contributed by atoms with Crippen LogP contribution in [0.2, 0.25) is 0 Å². The van der Waals surface area contributed by atoms with Crippen LogP contribution in [0.5, 0.6) is 0 Å². The highest BCUT2D eigenvalue weighted by Crippen LogP contribution is 2.16. The van der Waals surface area contributed by atoms with Crippen LogP contribution in [0.4, 0.5) is 0 Å². The fourth-order valence-corrected chi connectivity index (χ4v) is 1.23. The van der Waals surface area contributed by atoms with Gasteiger partial charge in [0.2, 0.25) is 0 Å². The van der Waals surface area contributed by atoms with Crippen LogP contribution < -0.4 is 5.69 Å². The predicted molar refractivity (Wildman–Crippen MR) is 37.5 cm³/mol. The summed E-state index contributed by atoms with van der Waals surface area (Å²) in [5.74, 6) is 0.0134. The summed E-state index contributed by atoms with van der Waals surface area (Å²) >= 11 is 0. The third-order valence-electron chi connectivity index (χ3n) is 1.79. The number of rotatable bonds is 0. The molecular weight excluding hydrogens is 144 g/mol. The van der Waals surface area contributed by atoms with Gasteiger partial charge in [0.15, 0.2) is 5.78 Å². The average Bonchev–Trinajstić information content (AvgIpc) is 2.33. The second-order valence-electron chi connectivity index (χ2n) is 2.51. The smallest absolute Gasteiger partial charge is 0.303 e. The van der Waals surface area contributed by atoms with Gasteiger partial charge in [0.1, 0.15) is 0 Å². The molecular formula is C7H6N2O2. The number of carbonyl (C=O) groups is 1. The van der Waals surface area contributed by atoms with Crippen LogP contribution in [0.25, 0.3) is 0 Å². The molecule has 0 spiro atoms. The Labute approximate surface area is 62.3 Å². The monoisotopic (exact) mass is 150 g/mol. The molecule has 0 aliphatic heterocycles. The van der Waals surface area contributed by atoms with Crippen LogP contribution in [0.3, 0.4) is 0 Å². The van der Waals surface area contributed by atoms with Gasteiger partial charge in [0.25, 0.3) is 0 Å². The molecule has 0 radical (unpaired) electrons. The van der Waals surface area contributed by atoms with Crippen LogP contribution in [0, 0.1) is 0 Å². The maximum absolute atomic E-state index is 11.0. The second-order valence-corrected chi connectivity index (χ2v) is 2.51. The number of fused-ring (bicyclic) bond motifs is 1. The summed E-state index contributed by atoms with van der Waals surface area (Å²) in [5.41, 5.74) is 0.860. The van der Waals surface area contributed by atoms with E-state index in [1.54, 1.807) is 0 Å². The van der Waals surface area contributed by atoms with Crippen molar-refractivity contribution in [1.29, 1.82) is 0 Å². The number of ketones is 1. The Kier molecular flexibility index (Phi) is 1.15. The molecule has 0 unspecified atom stereocenters. The highest BCUT2D eigenvalue weighted by molar-refractivity contribution is 5.98. The zero-order chi connectivity index (χ0) is 7.84. The molecule has 0 aromatic carbocycles. The van der Waals surface area contributed by atoms with Crippen molar-refractivity contribution in [1.82, 2.24) is 9.97 Å². The number of nitrogens with zero attached hydrogens (tertiary/aromatic N) is 1. The van der Waals surface area contributed by atoms with Crippen molar-refractivity contribution >= 4 is 5.78 Å². The Bertz CT molecular complexity index is 367. The molecule has 0 fully saturated rings. The number of aromatic nitrogens is 2. The SMILES string of the molecule is O=C1CCc2cnc(=O)[nH]c21. The first-order valence-corrected chi connectivity index (χ1v) is 3.39. The summed E-state index contributed by atoms with van der Waals surface area (Å²) in [6, 6.07) is 0. The summed E-state index contributed by atoms with van der Waals surface area (Å²) in [4.78, 5) is 27.6. The number of H-pyrrole nitrogens is 1. The van der Waals surface area contributed by atoms with Gasteiger partial charge in [-0.2, -0.15) is 0 Å². The van der Waals surface area contributed by atoms with Gasteiger partial charge in [-0.15, -0.1) is 0 Å². The van der Waals surface area contributed by atoms with E-state index in [9.17, 15) is 9.59 Å². The summed E-state index contributed by atoms with van der Waals surface area (Å²) < 4.78 is 0. The highest BCUT2D eigenvalue weighted by Gasteiger charge is 2.19.